The third-order valence-electron chi connectivity index (χ3n) is 4.95. The lowest BCUT2D eigenvalue weighted by Gasteiger charge is -2.26. The van der Waals surface area contributed by atoms with Crippen LogP contribution in [0, 0.1) is 6.92 Å². The number of carboxylic acid groups (broad SMARTS) is 1. The number of para-hydroxylation sites is 1. The molecule has 0 amide bonds. The number of aryl methyl sites for hydroxylation is 1. The molecular formula is C27H32N2O7. The number of fused-ring (bicyclic) bond motifs is 2. The van der Waals surface area contributed by atoms with Gasteiger partial charge in [0, 0.05) is 30.4 Å². The lowest BCUT2D eigenvalue weighted by atomic mass is 10.1. The molecule has 1 aliphatic heterocycles. The molecular weight excluding hydrogens is 464 g/mol. The molecule has 0 bridgehead atoms. The van der Waals surface area contributed by atoms with E-state index in [0.717, 1.165) is 37.2 Å². The molecule has 2 N–H and O–H groups in total. The van der Waals surface area contributed by atoms with Crippen LogP contribution in [0.2, 0.25) is 0 Å². The van der Waals surface area contributed by atoms with Crippen LogP contribution in [0.5, 0.6) is 5.75 Å². The van der Waals surface area contributed by atoms with Crippen LogP contribution in [0.3, 0.4) is 0 Å². The van der Waals surface area contributed by atoms with Crippen molar-refractivity contribution < 1.29 is 33.7 Å². The molecule has 0 atom stereocenters. The van der Waals surface area contributed by atoms with E-state index in [1.165, 1.54) is 22.9 Å². The lowest BCUT2D eigenvalue weighted by Crippen LogP contribution is -2.24. The molecule has 1 aliphatic rings. The molecule has 0 spiro atoms. The maximum atomic E-state index is 11.3. The number of nitrogens with zero attached hydrogens (tertiary/aromatic N) is 1. The highest BCUT2D eigenvalue weighted by Gasteiger charge is 2.21. The molecule has 1 heterocycles. The second-order valence-electron chi connectivity index (χ2n) is 7.63. The quantitative estimate of drug-likeness (QED) is 0.157. The van der Waals surface area contributed by atoms with Crippen LogP contribution in [0.15, 0.2) is 67.0 Å². The molecule has 192 valence electrons. The van der Waals surface area contributed by atoms with E-state index in [-0.39, 0.29) is 12.4 Å². The van der Waals surface area contributed by atoms with E-state index in [2.05, 4.69) is 64.3 Å². The molecule has 0 saturated heterocycles. The van der Waals surface area contributed by atoms with Crippen molar-refractivity contribution in [3.05, 3.63) is 78.1 Å². The van der Waals surface area contributed by atoms with Gasteiger partial charge in [-0.2, -0.15) is 0 Å². The summed E-state index contributed by atoms with van der Waals surface area (Å²) >= 11 is 0. The summed E-state index contributed by atoms with van der Waals surface area (Å²) < 4.78 is 14.8. The zero-order valence-corrected chi connectivity index (χ0v) is 20.5. The van der Waals surface area contributed by atoms with Crippen LogP contribution in [0.1, 0.15) is 24.5 Å². The first kappa shape index (κ1) is 28.1. The van der Waals surface area contributed by atoms with E-state index >= 15 is 0 Å². The van der Waals surface area contributed by atoms with Gasteiger partial charge in [-0.25, -0.2) is 9.59 Å². The van der Waals surface area contributed by atoms with Gasteiger partial charge >= 0.3 is 11.9 Å². The molecule has 2 aromatic rings. The number of anilines is 2. The van der Waals surface area contributed by atoms with Crippen molar-refractivity contribution in [1.82, 2.24) is 5.32 Å². The molecule has 0 radical (unpaired) electrons. The number of rotatable bonds is 11. The van der Waals surface area contributed by atoms with E-state index in [1.54, 1.807) is 13.0 Å². The molecule has 0 saturated carbocycles. The van der Waals surface area contributed by atoms with Gasteiger partial charge in [-0.05, 0) is 50.6 Å². The normalized spacial score (nSPS) is 12.0. The second kappa shape index (κ2) is 15.7. The predicted octanol–water partition coefficient (Wildman–Crippen LogP) is 3.88. The number of aliphatic carboxylic acids is 1. The standard InChI is InChI=1S/C23H28N2O3.C4H4O4/c1-3-27-23(26)10-6-13-24-14-7-15-25-20-9-5-4-8-19(20)17-28-22-12-11-18(2)16-21(22)25;5-3-8-2-1-4(6)7/h4-6,8-12,16,24H,3,7,13-15,17H2,1-2H3;1-3H,(H,6,7)/b10-6+;2-1-. The Labute approximate surface area is 211 Å². The Kier molecular flexibility index (Phi) is 12.3. The molecule has 36 heavy (non-hydrogen) atoms. The van der Waals surface area contributed by atoms with Crippen molar-refractivity contribution in [3.63, 3.8) is 0 Å². The number of nitrogens with one attached hydrogen (secondary N) is 1. The highest BCUT2D eigenvalue weighted by molar-refractivity contribution is 5.81. The largest absolute Gasteiger partial charge is 0.487 e. The highest BCUT2D eigenvalue weighted by atomic mass is 16.5. The smallest absolute Gasteiger partial charge is 0.331 e. The minimum atomic E-state index is -1.15. The SMILES string of the molecule is CCOC(=O)/C=C/CNCCCN1c2ccccc2COc2ccc(C)cc21.O=CO/C=C\C(=O)O. The summed E-state index contributed by atoms with van der Waals surface area (Å²) in [6.45, 7) is 7.41. The first-order chi connectivity index (χ1) is 17.5. The predicted molar refractivity (Wildman–Crippen MR) is 136 cm³/mol. The summed E-state index contributed by atoms with van der Waals surface area (Å²) in [6, 6.07) is 14.7. The topological polar surface area (TPSA) is 114 Å². The van der Waals surface area contributed by atoms with Crippen LogP contribution >= 0.6 is 0 Å². The minimum absolute atomic E-state index is 0.138. The van der Waals surface area contributed by atoms with Gasteiger partial charge in [0.25, 0.3) is 6.47 Å². The monoisotopic (exact) mass is 496 g/mol. The maximum absolute atomic E-state index is 11.3. The number of hydrogen-bond acceptors (Lipinski definition) is 8. The van der Waals surface area contributed by atoms with Crippen LogP contribution in [0.25, 0.3) is 0 Å². The Balaban J connectivity index is 0.000000493. The van der Waals surface area contributed by atoms with E-state index in [1.807, 2.05) is 0 Å². The molecule has 9 heteroatoms. The number of carbonyl (C=O) groups excluding carboxylic acids is 2. The third-order valence-corrected chi connectivity index (χ3v) is 4.95. The third kappa shape index (κ3) is 9.63. The lowest BCUT2D eigenvalue weighted by molar-refractivity contribution is -0.137. The molecule has 0 aromatic heterocycles. The van der Waals surface area contributed by atoms with Crippen LogP contribution in [-0.4, -0.2) is 49.8 Å². The zero-order valence-electron chi connectivity index (χ0n) is 20.5. The van der Waals surface area contributed by atoms with E-state index in [0.29, 0.717) is 25.8 Å². The van der Waals surface area contributed by atoms with Gasteiger partial charge in [0.05, 0.1) is 18.4 Å². The van der Waals surface area contributed by atoms with Gasteiger partial charge in [-0.15, -0.1) is 0 Å². The van der Waals surface area contributed by atoms with Gasteiger partial charge in [0.2, 0.25) is 0 Å². The van der Waals surface area contributed by atoms with Crippen molar-refractivity contribution in [3.8, 4) is 5.75 Å². The van der Waals surface area contributed by atoms with Crippen molar-refractivity contribution >= 4 is 29.8 Å². The number of esters is 1. The fourth-order valence-electron chi connectivity index (χ4n) is 3.41. The first-order valence-corrected chi connectivity index (χ1v) is 11.6. The molecule has 0 fully saturated rings. The van der Waals surface area contributed by atoms with Crippen LogP contribution in [-0.2, 0) is 30.5 Å². The van der Waals surface area contributed by atoms with E-state index < -0.39 is 5.97 Å². The summed E-state index contributed by atoms with van der Waals surface area (Å²) in [4.78, 5) is 32.5. The number of hydrogen-bond donors (Lipinski definition) is 2. The van der Waals surface area contributed by atoms with Gasteiger partial charge in [0.1, 0.15) is 18.6 Å². The number of carbonyl (C=O) groups is 3. The summed E-state index contributed by atoms with van der Waals surface area (Å²) in [5.74, 6) is -0.517. The Morgan fingerprint density at radius 2 is 1.97 bits per heavy atom. The first-order valence-electron chi connectivity index (χ1n) is 11.6. The van der Waals surface area contributed by atoms with Crippen molar-refractivity contribution in [2.24, 2.45) is 0 Å². The summed E-state index contributed by atoms with van der Waals surface area (Å²) in [7, 11) is 0. The van der Waals surface area contributed by atoms with Crippen molar-refractivity contribution in [2.45, 2.75) is 26.9 Å². The zero-order chi connectivity index (χ0) is 26.2. The maximum Gasteiger partial charge on any atom is 0.331 e. The molecule has 2 aromatic carbocycles. The fraction of sp³-hybridized carbons (Fsp3) is 0.296. The summed E-state index contributed by atoms with van der Waals surface area (Å²) in [5.41, 5.74) is 4.73. The Hall–Kier alpha value is -4.11. The Morgan fingerprint density at radius 1 is 1.17 bits per heavy atom. The van der Waals surface area contributed by atoms with Crippen molar-refractivity contribution in [1.29, 1.82) is 0 Å². The van der Waals surface area contributed by atoms with Gasteiger partial charge in [-0.1, -0.05) is 30.3 Å². The van der Waals surface area contributed by atoms with Gasteiger partial charge in [0.15, 0.2) is 0 Å². The average Bonchev–Trinajstić information content (AvgIpc) is 3.01. The highest BCUT2D eigenvalue weighted by Crippen LogP contribution is 2.39. The van der Waals surface area contributed by atoms with Gasteiger partial charge in [-0.3, -0.25) is 4.79 Å². The van der Waals surface area contributed by atoms with Crippen molar-refractivity contribution in [2.75, 3.05) is 31.1 Å². The summed E-state index contributed by atoms with van der Waals surface area (Å²) in [5, 5.41) is 11.2. The minimum Gasteiger partial charge on any atom is -0.487 e. The van der Waals surface area contributed by atoms with E-state index in [4.69, 9.17) is 14.6 Å². The van der Waals surface area contributed by atoms with Crippen LogP contribution in [0.4, 0.5) is 11.4 Å². The number of ether oxygens (including phenoxy) is 3. The Morgan fingerprint density at radius 3 is 2.72 bits per heavy atom. The molecule has 0 aliphatic carbocycles. The average molecular weight is 497 g/mol. The Bertz CT molecular complexity index is 1070. The molecule has 3 rings (SSSR count). The molecule has 9 nitrogen and oxygen atoms in total. The number of carboxylic acids is 1. The second-order valence-corrected chi connectivity index (χ2v) is 7.63. The van der Waals surface area contributed by atoms with Gasteiger partial charge < -0.3 is 29.5 Å². The van der Waals surface area contributed by atoms with E-state index in [9.17, 15) is 14.4 Å². The fourth-order valence-corrected chi connectivity index (χ4v) is 3.41. The number of benzene rings is 2. The molecule has 0 unspecified atom stereocenters. The van der Waals surface area contributed by atoms with Crippen LogP contribution < -0.4 is 15.0 Å². The summed E-state index contributed by atoms with van der Waals surface area (Å²) in [6.07, 6.45) is 5.74.